The van der Waals surface area contributed by atoms with Gasteiger partial charge in [0, 0.05) is 4.47 Å². The van der Waals surface area contributed by atoms with E-state index in [0.29, 0.717) is 0 Å². The largest absolute Gasteiger partial charge is 0.481 e. The maximum atomic E-state index is 10.5. The quantitative estimate of drug-likeness (QED) is 0.866. The summed E-state index contributed by atoms with van der Waals surface area (Å²) in [5.41, 5.74) is 2.96. The van der Waals surface area contributed by atoms with E-state index < -0.39 is 5.97 Å². The maximum absolute atomic E-state index is 10.5. The van der Waals surface area contributed by atoms with Crippen LogP contribution in [-0.4, -0.2) is 11.1 Å². The van der Waals surface area contributed by atoms with Crippen LogP contribution in [0.3, 0.4) is 0 Å². The van der Waals surface area contributed by atoms with E-state index in [-0.39, 0.29) is 6.42 Å². The predicted molar refractivity (Wildman–Crippen MR) is 55.0 cm³/mol. The molecular formula is C10H11BrO2. The van der Waals surface area contributed by atoms with Crippen LogP contribution >= 0.6 is 15.9 Å². The van der Waals surface area contributed by atoms with Gasteiger partial charge in [-0.1, -0.05) is 15.9 Å². The summed E-state index contributed by atoms with van der Waals surface area (Å²) in [6, 6.07) is 3.87. The van der Waals surface area contributed by atoms with Crippen molar-refractivity contribution < 1.29 is 9.90 Å². The molecule has 0 heterocycles. The fourth-order valence-electron chi connectivity index (χ4n) is 1.37. The zero-order valence-corrected chi connectivity index (χ0v) is 9.18. The standard InChI is InChI=1S/C10H11BrO2/c1-6-3-8(11)4-7(2)9(6)5-10(12)13/h3-4H,5H2,1-2H3,(H,12,13). The van der Waals surface area contributed by atoms with E-state index in [1.165, 1.54) is 0 Å². The first-order valence-electron chi connectivity index (χ1n) is 3.98. The molecule has 0 bridgehead atoms. The van der Waals surface area contributed by atoms with Gasteiger partial charge in [-0.2, -0.15) is 0 Å². The molecule has 0 spiro atoms. The molecule has 0 unspecified atom stereocenters. The monoisotopic (exact) mass is 242 g/mol. The Labute approximate surface area is 85.7 Å². The van der Waals surface area contributed by atoms with Gasteiger partial charge < -0.3 is 5.11 Å². The van der Waals surface area contributed by atoms with Crippen molar-refractivity contribution in [3.05, 3.63) is 33.3 Å². The zero-order valence-electron chi connectivity index (χ0n) is 7.60. The van der Waals surface area contributed by atoms with Crippen molar-refractivity contribution in [1.82, 2.24) is 0 Å². The van der Waals surface area contributed by atoms with Crippen LogP contribution < -0.4 is 0 Å². The molecule has 0 aromatic heterocycles. The molecule has 3 heteroatoms. The third kappa shape index (κ3) is 2.56. The van der Waals surface area contributed by atoms with Crippen molar-refractivity contribution in [2.24, 2.45) is 0 Å². The molecule has 1 N–H and O–H groups in total. The maximum Gasteiger partial charge on any atom is 0.307 e. The van der Waals surface area contributed by atoms with Crippen LogP contribution in [-0.2, 0) is 11.2 Å². The average Bonchev–Trinajstić information content (AvgIpc) is 1.96. The van der Waals surface area contributed by atoms with Crippen molar-refractivity contribution in [2.75, 3.05) is 0 Å². The Kier molecular flexibility index (Phi) is 3.09. The minimum atomic E-state index is -0.784. The smallest absolute Gasteiger partial charge is 0.307 e. The number of aliphatic carboxylic acids is 1. The Balaban J connectivity index is 3.13. The van der Waals surface area contributed by atoms with Gasteiger partial charge in [0.2, 0.25) is 0 Å². The van der Waals surface area contributed by atoms with Gasteiger partial charge in [0.05, 0.1) is 6.42 Å². The van der Waals surface area contributed by atoms with Crippen molar-refractivity contribution in [3.8, 4) is 0 Å². The van der Waals surface area contributed by atoms with Crippen LogP contribution in [0, 0.1) is 13.8 Å². The Morgan fingerprint density at radius 2 is 1.85 bits per heavy atom. The molecule has 0 saturated heterocycles. The van der Waals surface area contributed by atoms with E-state index in [9.17, 15) is 4.79 Å². The van der Waals surface area contributed by atoms with Crippen molar-refractivity contribution >= 4 is 21.9 Å². The second kappa shape index (κ2) is 3.92. The number of carboxylic acids is 1. The van der Waals surface area contributed by atoms with Crippen LogP contribution in [0.1, 0.15) is 16.7 Å². The highest BCUT2D eigenvalue weighted by Gasteiger charge is 2.07. The van der Waals surface area contributed by atoms with E-state index in [2.05, 4.69) is 15.9 Å². The number of hydrogen-bond acceptors (Lipinski definition) is 1. The second-order valence-electron chi connectivity index (χ2n) is 3.09. The van der Waals surface area contributed by atoms with Gasteiger partial charge >= 0.3 is 5.97 Å². The van der Waals surface area contributed by atoms with Crippen LogP contribution in [0.4, 0.5) is 0 Å². The van der Waals surface area contributed by atoms with Crippen molar-refractivity contribution in [1.29, 1.82) is 0 Å². The average molecular weight is 243 g/mol. The third-order valence-electron chi connectivity index (χ3n) is 1.99. The number of carboxylic acid groups (broad SMARTS) is 1. The number of halogens is 1. The molecular weight excluding hydrogens is 232 g/mol. The summed E-state index contributed by atoms with van der Waals surface area (Å²) in [6.07, 6.45) is 0.102. The van der Waals surface area contributed by atoms with E-state index in [1.807, 2.05) is 26.0 Å². The number of rotatable bonds is 2. The highest BCUT2D eigenvalue weighted by Crippen LogP contribution is 2.20. The van der Waals surface area contributed by atoms with Gasteiger partial charge in [-0.05, 0) is 42.7 Å². The molecule has 0 saturated carbocycles. The summed E-state index contributed by atoms with van der Waals surface area (Å²) in [5, 5.41) is 8.67. The first kappa shape index (κ1) is 10.3. The molecule has 0 aliphatic carbocycles. The Hall–Kier alpha value is -0.830. The van der Waals surface area contributed by atoms with Crippen LogP contribution in [0.2, 0.25) is 0 Å². The summed E-state index contributed by atoms with van der Waals surface area (Å²) in [5.74, 6) is -0.784. The van der Waals surface area contributed by atoms with E-state index in [1.54, 1.807) is 0 Å². The fourth-order valence-corrected chi connectivity index (χ4v) is 2.06. The summed E-state index contributed by atoms with van der Waals surface area (Å²) in [7, 11) is 0. The minimum absolute atomic E-state index is 0.102. The topological polar surface area (TPSA) is 37.3 Å². The van der Waals surface area contributed by atoms with Gasteiger partial charge in [-0.15, -0.1) is 0 Å². The SMILES string of the molecule is Cc1cc(Br)cc(C)c1CC(=O)O. The van der Waals surface area contributed by atoms with Crippen molar-refractivity contribution in [2.45, 2.75) is 20.3 Å². The highest BCUT2D eigenvalue weighted by molar-refractivity contribution is 9.10. The lowest BCUT2D eigenvalue weighted by Gasteiger charge is -2.07. The van der Waals surface area contributed by atoms with Crippen LogP contribution in [0.5, 0.6) is 0 Å². The normalized spacial score (nSPS) is 10.1. The Bertz CT molecular complexity index is 322. The first-order valence-corrected chi connectivity index (χ1v) is 4.77. The van der Waals surface area contributed by atoms with E-state index in [4.69, 9.17) is 5.11 Å². The fraction of sp³-hybridized carbons (Fsp3) is 0.300. The molecule has 70 valence electrons. The van der Waals surface area contributed by atoms with E-state index >= 15 is 0 Å². The molecule has 1 rings (SSSR count). The van der Waals surface area contributed by atoms with Gasteiger partial charge in [-0.3, -0.25) is 4.79 Å². The third-order valence-corrected chi connectivity index (χ3v) is 2.45. The van der Waals surface area contributed by atoms with E-state index in [0.717, 1.165) is 21.2 Å². The molecule has 0 aliphatic rings. The molecule has 13 heavy (non-hydrogen) atoms. The lowest BCUT2D eigenvalue weighted by molar-refractivity contribution is -0.136. The summed E-state index contributed by atoms with van der Waals surface area (Å²) >= 11 is 3.37. The van der Waals surface area contributed by atoms with Gasteiger partial charge in [0.25, 0.3) is 0 Å². The summed E-state index contributed by atoms with van der Waals surface area (Å²) in [4.78, 5) is 10.5. The molecule has 0 aliphatic heterocycles. The number of aryl methyl sites for hydroxylation is 2. The Morgan fingerprint density at radius 3 is 2.23 bits per heavy atom. The lowest BCUT2D eigenvalue weighted by Crippen LogP contribution is -2.04. The second-order valence-corrected chi connectivity index (χ2v) is 4.00. The molecule has 1 aromatic rings. The lowest BCUT2D eigenvalue weighted by atomic mass is 10.0. The highest BCUT2D eigenvalue weighted by atomic mass is 79.9. The molecule has 0 radical (unpaired) electrons. The van der Waals surface area contributed by atoms with Gasteiger partial charge in [-0.25, -0.2) is 0 Å². The molecule has 0 atom stereocenters. The van der Waals surface area contributed by atoms with Crippen LogP contribution in [0.25, 0.3) is 0 Å². The number of hydrogen-bond donors (Lipinski definition) is 1. The van der Waals surface area contributed by atoms with Gasteiger partial charge in [0.15, 0.2) is 0 Å². The Morgan fingerprint density at radius 1 is 1.38 bits per heavy atom. The zero-order chi connectivity index (χ0) is 10.0. The number of benzene rings is 1. The van der Waals surface area contributed by atoms with Gasteiger partial charge in [0.1, 0.15) is 0 Å². The first-order chi connectivity index (χ1) is 6.00. The summed E-state index contributed by atoms with van der Waals surface area (Å²) in [6.45, 7) is 3.85. The molecule has 1 aromatic carbocycles. The predicted octanol–water partition coefficient (Wildman–Crippen LogP) is 2.69. The molecule has 0 amide bonds. The number of carbonyl (C=O) groups is 1. The molecule has 0 fully saturated rings. The summed E-state index contributed by atoms with van der Waals surface area (Å²) < 4.78 is 0.997. The molecule has 2 nitrogen and oxygen atoms in total. The van der Waals surface area contributed by atoms with Crippen molar-refractivity contribution in [3.63, 3.8) is 0 Å². The van der Waals surface area contributed by atoms with Crippen LogP contribution in [0.15, 0.2) is 16.6 Å². The minimum Gasteiger partial charge on any atom is -0.481 e.